The van der Waals surface area contributed by atoms with Crippen molar-refractivity contribution in [1.29, 1.82) is 0 Å². The number of nitrogens with one attached hydrogen (secondary N) is 1. The van der Waals surface area contributed by atoms with Gasteiger partial charge in [0.2, 0.25) is 12.7 Å². The zero-order valence-electron chi connectivity index (χ0n) is 15.6. The van der Waals surface area contributed by atoms with E-state index in [-0.39, 0.29) is 31.2 Å². The molecule has 2 heterocycles. The second-order valence-corrected chi connectivity index (χ2v) is 6.64. The van der Waals surface area contributed by atoms with Crippen LogP contribution in [0, 0.1) is 0 Å². The van der Waals surface area contributed by atoms with Crippen molar-refractivity contribution in [2.24, 2.45) is 0 Å². The number of hydrogen-bond donors (Lipinski definition) is 1. The Hall–Kier alpha value is -3.55. The van der Waals surface area contributed by atoms with Crippen molar-refractivity contribution >= 4 is 28.4 Å². The third-order valence-electron chi connectivity index (χ3n) is 4.48. The lowest BCUT2D eigenvalue weighted by molar-refractivity contribution is -0.116. The van der Waals surface area contributed by atoms with Gasteiger partial charge in [-0.05, 0) is 24.3 Å². The van der Waals surface area contributed by atoms with Gasteiger partial charge < -0.3 is 24.3 Å². The van der Waals surface area contributed by atoms with E-state index in [0.717, 1.165) is 0 Å². The first kappa shape index (κ1) is 17.8. The minimum atomic E-state index is -0.223. The van der Waals surface area contributed by atoms with Gasteiger partial charge in [-0.1, -0.05) is 12.1 Å². The summed E-state index contributed by atoms with van der Waals surface area (Å²) in [6, 6.07) is 12.6. The molecule has 0 saturated heterocycles. The highest BCUT2D eigenvalue weighted by molar-refractivity contribution is 5.91. The fraction of sp³-hybridized carbons (Fsp3) is 0.250. The first-order valence-corrected chi connectivity index (χ1v) is 8.89. The van der Waals surface area contributed by atoms with Gasteiger partial charge in [-0.3, -0.25) is 9.59 Å². The average Bonchev–Trinajstić information content (AvgIpc) is 3.14. The van der Waals surface area contributed by atoms with Crippen LogP contribution in [0.25, 0.3) is 11.0 Å². The number of amides is 1. The summed E-state index contributed by atoms with van der Waals surface area (Å²) in [4.78, 5) is 31.4. The molecular formula is C20H20N4O4. The molecule has 2 aromatic carbocycles. The smallest absolute Gasteiger partial charge is 0.293 e. The van der Waals surface area contributed by atoms with Gasteiger partial charge in [-0.25, -0.2) is 4.98 Å². The van der Waals surface area contributed by atoms with Gasteiger partial charge in [-0.15, -0.1) is 0 Å². The number of aryl methyl sites for hydroxylation is 1. The van der Waals surface area contributed by atoms with Crippen LogP contribution >= 0.6 is 0 Å². The van der Waals surface area contributed by atoms with Crippen LogP contribution in [0.4, 0.5) is 11.5 Å². The Kier molecular flexibility index (Phi) is 4.60. The first-order chi connectivity index (χ1) is 13.5. The molecule has 1 N–H and O–H groups in total. The average molecular weight is 380 g/mol. The number of fused-ring (bicyclic) bond motifs is 2. The summed E-state index contributed by atoms with van der Waals surface area (Å²) >= 11 is 0. The topological polar surface area (TPSA) is 85.7 Å². The van der Waals surface area contributed by atoms with Crippen molar-refractivity contribution < 1.29 is 14.3 Å². The quantitative estimate of drug-likeness (QED) is 0.731. The molecule has 0 saturated carbocycles. The molecule has 144 valence electrons. The van der Waals surface area contributed by atoms with E-state index >= 15 is 0 Å². The molecule has 4 rings (SSSR count). The van der Waals surface area contributed by atoms with Crippen LogP contribution in [0.3, 0.4) is 0 Å². The summed E-state index contributed by atoms with van der Waals surface area (Å²) in [5.41, 5.74) is 1.81. The summed E-state index contributed by atoms with van der Waals surface area (Å²) in [6.45, 7) is 0.429. The predicted octanol–water partition coefficient (Wildman–Crippen LogP) is 2.22. The van der Waals surface area contributed by atoms with Gasteiger partial charge in [0.1, 0.15) is 0 Å². The highest BCUT2D eigenvalue weighted by Gasteiger charge is 2.16. The summed E-state index contributed by atoms with van der Waals surface area (Å²) in [5.74, 6) is 1.40. The minimum Gasteiger partial charge on any atom is -0.454 e. The normalized spacial score (nSPS) is 12.2. The fourth-order valence-electron chi connectivity index (χ4n) is 3.10. The molecule has 1 aliphatic heterocycles. The van der Waals surface area contributed by atoms with E-state index in [1.807, 2.05) is 24.3 Å². The van der Waals surface area contributed by atoms with E-state index in [4.69, 9.17) is 9.47 Å². The summed E-state index contributed by atoms with van der Waals surface area (Å²) < 4.78 is 12.2. The Bertz CT molecular complexity index is 1110. The third kappa shape index (κ3) is 3.36. The number of aromatic nitrogens is 2. The maximum absolute atomic E-state index is 12.8. The molecule has 0 fully saturated rings. The number of carbonyl (C=O) groups is 1. The fourth-order valence-corrected chi connectivity index (χ4v) is 3.10. The highest BCUT2D eigenvalue weighted by atomic mass is 16.7. The van der Waals surface area contributed by atoms with E-state index in [2.05, 4.69) is 10.3 Å². The van der Waals surface area contributed by atoms with Gasteiger partial charge >= 0.3 is 0 Å². The second kappa shape index (κ2) is 7.22. The van der Waals surface area contributed by atoms with Crippen molar-refractivity contribution in [3.05, 3.63) is 52.8 Å². The van der Waals surface area contributed by atoms with Crippen LogP contribution in [-0.2, 0) is 11.3 Å². The van der Waals surface area contributed by atoms with Gasteiger partial charge in [0.15, 0.2) is 17.3 Å². The van der Waals surface area contributed by atoms with Crippen molar-refractivity contribution in [2.75, 3.05) is 31.1 Å². The lowest BCUT2D eigenvalue weighted by atomic mass is 10.2. The molecule has 0 spiro atoms. The Morgan fingerprint density at radius 1 is 1.18 bits per heavy atom. The van der Waals surface area contributed by atoms with Crippen LogP contribution in [-0.4, -0.2) is 36.3 Å². The zero-order valence-corrected chi connectivity index (χ0v) is 15.6. The Labute approximate surface area is 161 Å². The number of anilines is 2. The molecule has 0 unspecified atom stereocenters. The molecule has 1 amide bonds. The molecule has 8 heteroatoms. The molecule has 8 nitrogen and oxygen atoms in total. The minimum absolute atomic E-state index is 0.148. The zero-order chi connectivity index (χ0) is 19.7. The van der Waals surface area contributed by atoms with Crippen molar-refractivity contribution in [1.82, 2.24) is 9.55 Å². The van der Waals surface area contributed by atoms with E-state index in [0.29, 0.717) is 34.0 Å². The number of nitrogens with zero attached hydrogens (tertiary/aromatic N) is 3. The lowest BCUT2D eigenvalue weighted by Gasteiger charge is -2.16. The first-order valence-electron chi connectivity index (χ1n) is 8.89. The van der Waals surface area contributed by atoms with Crippen LogP contribution < -0.4 is 25.2 Å². The largest absolute Gasteiger partial charge is 0.454 e. The number of para-hydroxylation sites is 2. The molecule has 0 atom stereocenters. The summed E-state index contributed by atoms with van der Waals surface area (Å²) in [6.07, 6.45) is 0.148. The van der Waals surface area contributed by atoms with Gasteiger partial charge in [0.25, 0.3) is 5.56 Å². The number of carbonyl (C=O) groups excluding carboxylic acids is 1. The van der Waals surface area contributed by atoms with Crippen molar-refractivity contribution in [3.8, 4) is 11.5 Å². The molecule has 1 aliphatic rings. The van der Waals surface area contributed by atoms with E-state index in [1.54, 1.807) is 41.8 Å². The number of benzene rings is 2. The highest BCUT2D eigenvalue weighted by Crippen LogP contribution is 2.34. The van der Waals surface area contributed by atoms with Crippen molar-refractivity contribution in [3.63, 3.8) is 0 Å². The van der Waals surface area contributed by atoms with Crippen molar-refractivity contribution in [2.45, 2.75) is 13.0 Å². The Morgan fingerprint density at radius 3 is 2.79 bits per heavy atom. The Morgan fingerprint density at radius 2 is 1.96 bits per heavy atom. The molecule has 0 aliphatic carbocycles. The van der Waals surface area contributed by atoms with Gasteiger partial charge in [0.05, 0.1) is 11.0 Å². The molecular weight excluding hydrogens is 360 g/mol. The lowest BCUT2D eigenvalue weighted by Crippen LogP contribution is -2.30. The SMILES string of the molecule is CN(C)c1nc2ccccc2n(CCC(=O)Nc2ccc3c(c2)OCO3)c1=O. The second-order valence-electron chi connectivity index (χ2n) is 6.64. The van der Waals surface area contributed by atoms with Crippen LogP contribution in [0.1, 0.15) is 6.42 Å². The molecule has 0 bridgehead atoms. The molecule has 3 aromatic rings. The molecule has 0 radical (unpaired) electrons. The van der Waals surface area contributed by atoms with Gasteiger partial charge in [0, 0.05) is 38.8 Å². The molecule has 1 aromatic heterocycles. The van der Waals surface area contributed by atoms with E-state index < -0.39 is 0 Å². The standard InChI is InChI=1S/C20H20N4O4/c1-23(2)19-20(26)24(15-6-4-3-5-14(15)22-19)10-9-18(25)21-13-7-8-16-17(11-13)28-12-27-16/h3-8,11H,9-10,12H2,1-2H3,(H,21,25). The van der Waals surface area contributed by atoms with Crippen LogP contribution in [0.5, 0.6) is 11.5 Å². The summed E-state index contributed by atoms with van der Waals surface area (Å²) in [5, 5.41) is 2.83. The van der Waals surface area contributed by atoms with Gasteiger partial charge in [-0.2, -0.15) is 0 Å². The number of ether oxygens (including phenoxy) is 2. The Balaban J connectivity index is 1.54. The molecule has 28 heavy (non-hydrogen) atoms. The monoisotopic (exact) mass is 380 g/mol. The van der Waals surface area contributed by atoms with Crippen LogP contribution in [0.15, 0.2) is 47.3 Å². The summed E-state index contributed by atoms with van der Waals surface area (Å²) in [7, 11) is 3.55. The third-order valence-corrected chi connectivity index (χ3v) is 4.48. The van der Waals surface area contributed by atoms with Crippen LogP contribution in [0.2, 0.25) is 0 Å². The van der Waals surface area contributed by atoms with E-state index in [1.165, 1.54) is 0 Å². The van der Waals surface area contributed by atoms with E-state index in [9.17, 15) is 9.59 Å². The number of hydrogen-bond acceptors (Lipinski definition) is 6. The maximum atomic E-state index is 12.8. The number of rotatable bonds is 5. The predicted molar refractivity (Wildman–Crippen MR) is 106 cm³/mol. The maximum Gasteiger partial charge on any atom is 0.293 e.